The van der Waals surface area contributed by atoms with Crippen molar-refractivity contribution in [1.29, 1.82) is 0 Å². The molecule has 12 heteroatoms. The van der Waals surface area contributed by atoms with Gasteiger partial charge in [-0.1, -0.05) is 29.8 Å². The molecule has 1 aliphatic carbocycles. The van der Waals surface area contributed by atoms with E-state index in [1.807, 2.05) is 12.2 Å². The summed E-state index contributed by atoms with van der Waals surface area (Å²) < 4.78 is 54.2. The van der Waals surface area contributed by atoms with Crippen LogP contribution >= 0.6 is 11.6 Å². The number of nitrogen functional groups attached to an aromatic ring is 1. The fourth-order valence-electron chi connectivity index (χ4n) is 5.49. The van der Waals surface area contributed by atoms with Crippen molar-refractivity contribution in [2.45, 2.75) is 50.4 Å². The Kier molecular flexibility index (Phi) is 7.58. The number of carbonyl (C=O) groups is 1. The van der Waals surface area contributed by atoms with Gasteiger partial charge in [0.25, 0.3) is 0 Å². The molecule has 39 heavy (non-hydrogen) atoms. The summed E-state index contributed by atoms with van der Waals surface area (Å²) in [5, 5.41) is 12.7. The minimum absolute atomic E-state index is 0.108. The Balaban J connectivity index is 1.43. The lowest BCUT2D eigenvalue weighted by atomic mass is 9.73. The maximum atomic E-state index is 14.4. The van der Waals surface area contributed by atoms with Crippen molar-refractivity contribution in [3.63, 3.8) is 0 Å². The van der Waals surface area contributed by atoms with E-state index < -0.39 is 24.3 Å². The summed E-state index contributed by atoms with van der Waals surface area (Å²) in [7, 11) is 0. The summed E-state index contributed by atoms with van der Waals surface area (Å²) in [6, 6.07) is 4.96. The normalized spacial score (nSPS) is 24.3. The lowest BCUT2D eigenvalue weighted by Gasteiger charge is -2.32. The van der Waals surface area contributed by atoms with Crippen molar-refractivity contribution in [3.8, 4) is 5.88 Å². The number of halogens is 4. The number of carboxylic acids is 1. The van der Waals surface area contributed by atoms with Crippen molar-refractivity contribution in [2.24, 2.45) is 5.41 Å². The zero-order valence-electron chi connectivity index (χ0n) is 20.9. The predicted octanol–water partition coefficient (Wildman–Crippen LogP) is 5.20. The van der Waals surface area contributed by atoms with Gasteiger partial charge in [0.05, 0.1) is 18.9 Å². The maximum Gasteiger partial charge on any atom is 0.429 e. The first-order chi connectivity index (χ1) is 18.5. The number of alkyl halides is 3. The number of anilines is 1. The maximum absolute atomic E-state index is 14.4. The van der Waals surface area contributed by atoms with Crippen LogP contribution in [0.2, 0.25) is 5.02 Å². The molecule has 0 radical (unpaired) electrons. The summed E-state index contributed by atoms with van der Waals surface area (Å²) >= 11 is 6.14. The van der Waals surface area contributed by atoms with E-state index in [9.17, 15) is 23.1 Å². The Labute approximate surface area is 228 Å². The summed E-state index contributed by atoms with van der Waals surface area (Å²) in [5.41, 5.74) is 7.71. The molecule has 5 rings (SSSR count). The van der Waals surface area contributed by atoms with Crippen LogP contribution in [0.5, 0.6) is 5.88 Å². The zero-order valence-corrected chi connectivity index (χ0v) is 21.7. The first-order valence-corrected chi connectivity index (χ1v) is 13.0. The van der Waals surface area contributed by atoms with Gasteiger partial charge in [-0.25, -0.2) is 4.98 Å². The molecule has 2 aromatic rings. The molecule has 4 N–H and O–H groups in total. The Morgan fingerprint density at radius 2 is 2.08 bits per heavy atom. The number of rotatable bonds is 6. The van der Waals surface area contributed by atoms with E-state index in [2.05, 4.69) is 15.3 Å². The van der Waals surface area contributed by atoms with E-state index >= 15 is 0 Å². The Morgan fingerprint density at radius 1 is 1.26 bits per heavy atom. The van der Waals surface area contributed by atoms with Gasteiger partial charge in [-0.2, -0.15) is 18.2 Å². The molecular formula is C27H28ClF3N4O4. The monoisotopic (exact) mass is 564 g/mol. The molecule has 3 heterocycles. The average Bonchev–Trinajstić information content (AvgIpc) is 3.31. The van der Waals surface area contributed by atoms with Crippen LogP contribution in [0.1, 0.15) is 55.0 Å². The van der Waals surface area contributed by atoms with Gasteiger partial charge < -0.3 is 25.6 Å². The molecule has 3 aliphatic rings. The van der Waals surface area contributed by atoms with Gasteiger partial charge in [-0.15, -0.1) is 0 Å². The highest BCUT2D eigenvalue weighted by Gasteiger charge is 2.45. The van der Waals surface area contributed by atoms with Crippen molar-refractivity contribution in [2.75, 3.05) is 25.5 Å². The molecule has 1 spiro atoms. The Bertz CT molecular complexity index is 1330. The minimum atomic E-state index is -4.77. The van der Waals surface area contributed by atoms with Crippen LogP contribution in [0, 0.1) is 5.41 Å². The van der Waals surface area contributed by atoms with Crippen LogP contribution in [0.25, 0.3) is 11.1 Å². The van der Waals surface area contributed by atoms with E-state index in [4.69, 9.17) is 26.8 Å². The molecule has 8 nitrogen and oxygen atoms in total. The first kappa shape index (κ1) is 27.4. The minimum Gasteiger partial charge on any atom is -0.480 e. The number of nitrogens with zero attached hydrogens (tertiary/aromatic N) is 2. The topological polar surface area (TPSA) is 120 Å². The molecule has 1 saturated heterocycles. The van der Waals surface area contributed by atoms with Crippen molar-refractivity contribution < 1.29 is 32.5 Å². The van der Waals surface area contributed by atoms with Crippen molar-refractivity contribution in [1.82, 2.24) is 15.3 Å². The molecule has 1 fully saturated rings. The third kappa shape index (κ3) is 6.05. The second kappa shape index (κ2) is 10.8. The summed E-state index contributed by atoms with van der Waals surface area (Å²) in [5.74, 6) is -1.38. The number of hydrogen-bond acceptors (Lipinski definition) is 7. The lowest BCUT2D eigenvalue weighted by Crippen LogP contribution is -2.30. The van der Waals surface area contributed by atoms with Gasteiger partial charge in [0.2, 0.25) is 17.9 Å². The van der Waals surface area contributed by atoms with Crippen LogP contribution in [0.15, 0.2) is 36.4 Å². The van der Waals surface area contributed by atoms with Crippen LogP contribution in [-0.4, -0.2) is 53.0 Å². The number of aliphatic carboxylic acids is 1. The molecule has 0 bridgehead atoms. The number of nitrogens with two attached hydrogens (primary N) is 1. The quantitative estimate of drug-likeness (QED) is 0.438. The molecule has 208 valence electrons. The zero-order chi connectivity index (χ0) is 27.8. The number of carboxylic acid groups (broad SMARTS) is 1. The largest absolute Gasteiger partial charge is 0.480 e. The number of allylic oxidation sites excluding steroid dienone is 2. The SMILES string of the molecule is Nc1nc(OC(c2ccc(Cl)cc2C2=CCCOC2)C(F)(F)F)cc(C2=CC[C@@]3(CC2)CN[C@@H](C(=O)O)C3)n1. The molecule has 2 aliphatic heterocycles. The predicted molar refractivity (Wildman–Crippen MR) is 139 cm³/mol. The van der Waals surface area contributed by atoms with Gasteiger partial charge in [-0.3, -0.25) is 4.79 Å². The highest BCUT2D eigenvalue weighted by atomic mass is 35.5. The van der Waals surface area contributed by atoms with Gasteiger partial charge in [-0.05, 0) is 66.4 Å². The van der Waals surface area contributed by atoms with Crippen molar-refractivity contribution in [3.05, 3.63) is 58.3 Å². The standard InChI is InChI=1S/C27H28ClF3N4O4/c28-17-3-4-18(19(10-17)16-2-1-9-38-13-16)23(27(29,30)31)39-22-11-20(34-25(32)35-22)15-5-7-26(8-6-15)12-21(24(36)37)33-14-26/h2-5,10-11,21,23,33H,1,6-9,12-14H2,(H,36,37)(H2,32,34,35)/t21-,23?,26+/m1/s1. The summed E-state index contributed by atoms with van der Waals surface area (Å²) in [4.78, 5) is 19.5. The molecule has 1 unspecified atom stereocenters. The van der Waals surface area contributed by atoms with E-state index in [1.54, 1.807) is 0 Å². The van der Waals surface area contributed by atoms with E-state index in [-0.39, 0.29) is 29.4 Å². The van der Waals surface area contributed by atoms with Gasteiger partial charge in [0, 0.05) is 23.2 Å². The summed E-state index contributed by atoms with van der Waals surface area (Å²) in [6.45, 7) is 1.25. The molecular weight excluding hydrogens is 537 g/mol. The third-order valence-corrected chi connectivity index (χ3v) is 7.74. The fourth-order valence-corrected chi connectivity index (χ4v) is 5.66. The average molecular weight is 565 g/mol. The van der Waals surface area contributed by atoms with Gasteiger partial charge >= 0.3 is 12.1 Å². The second-order valence-corrected chi connectivity index (χ2v) is 10.6. The van der Waals surface area contributed by atoms with Crippen LogP contribution in [-0.2, 0) is 9.53 Å². The van der Waals surface area contributed by atoms with Crippen LogP contribution < -0.4 is 15.8 Å². The van der Waals surface area contributed by atoms with Crippen molar-refractivity contribution >= 4 is 34.7 Å². The van der Waals surface area contributed by atoms with Crippen LogP contribution in [0.3, 0.4) is 0 Å². The third-order valence-electron chi connectivity index (χ3n) is 7.50. The van der Waals surface area contributed by atoms with Gasteiger partial charge in [0.15, 0.2) is 0 Å². The smallest absolute Gasteiger partial charge is 0.429 e. The highest BCUT2D eigenvalue weighted by molar-refractivity contribution is 6.30. The first-order valence-electron chi connectivity index (χ1n) is 12.6. The highest BCUT2D eigenvalue weighted by Crippen LogP contribution is 2.45. The van der Waals surface area contributed by atoms with E-state index in [0.29, 0.717) is 67.1 Å². The number of hydrogen-bond donors (Lipinski definition) is 3. The number of ether oxygens (including phenoxy) is 2. The molecule has 0 amide bonds. The number of aromatic nitrogens is 2. The number of benzene rings is 1. The number of nitrogens with one attached hydrogen (secondary N) is 1. The lowest BCUT2D eigenvalue weighted by molar-refractivity contribution is -0.198. The van der Waals surface area contributed by atoms with E-state index in [1.165, 1.54) is 24.3 Å². The van der Waals surface area contributed by atoms with Gasteiger partial charge in [0.1, 0.15) is 6.04 Å². The molecule has 0 saturated carbocycles. The molecule has 1 aromatic heterocycles. The Hall–Kier alpha value is -3.15. The van der Waals surface area contributed by atoms with Crippen LogP contribution in [0.4, 0.5) is 19.1 Å². The molecule has 1 aromatic carbocycles. The molecule has 3 atom stereocenters. The second-order valence-electron chi connectivity index (χ2n) is 10.2. The fraction of sp³-hybridized carbons (Fsp3) is 0.444. The van der Waals surface area contributed by atoms with E-state index in [0.717, 1.165) is 5.57 Å². The Morgan fingerprint density at radius 3 is 2.72 bits per heavy atom. The summed E-state index contributed by atoms with van der Waals surface area (Å²) in [6.07, 6.45) is -0.313.